The first-order valence-corrected chi connectivity index (χ1v) is 7.56. The molecule has 1 unspecified atom stereocenters. The monoisotopic (exact) mass is 354 g/mol. The number of aromatic nitrogens is 1. The van der Waals surface area contributed by atoms with Crippen LogP contribution in [-0.2, 0) is 6.42 Å². The van der Waals surface area contributed by atoms with Gasteiger partial charge in [0.15, 0.2) is 0 Å². The Labute approximate surface area is 131 Å². The topological polar surface area (TPSA) is 24.9 Å². The zero-order chi connectivity index (χ0) is 15.4. The summed E-state index contributed by atoms with van der Waals surface area (Å²) in [5.41, 5.74) is 1.74. The molecule has 1 aromatic heterocycles. The van der Waals surface area contributed by atoms with Crippen molar-refractivity contribution in [3.8, 4) is 0 Å². The molecule has 0 saturated heterocycles. The highest BCUT2D eigenvalue weighted by Crippen LogP contribution is 2.24. The SMILES string of the molecule is CC(C)NC(Cc1ccc(F)cc1Br)c1ccc(F)cn1. The summed E-state index contributed by atoms with van der Waals surface area (Å²) in [6.07, 6.45) is 1.85. The van der Waals surface area contributed by atoms with E-state index in [4.69, 9.17) is 0 Å². The predicted molar refractivity (Wildman–Crippen MR) is 83.0 cm³/mol. The molecule has 0 fully saturated rings. The second kappa shape index (κ2) is 7.09. The molecule has 2 aromatic rings. The van der Waals surface area contributed by atoms with Crippen molar-refractivity contribution in [3.63, 3.8) is 0 Å². The van der Waals surface area contributed by atoms with E-state index in [0.29, 0.717) is 6.42 Å². The fourth-order valence-electron chi connectivity index (χ4n) is 2.15. The Morgan fingerprint density at radius 2 is 1.86 bits per heavy atom. The highest BCUT2D eigenvalue weighted by molar-refractivity contribution is 9.10. The summed E-state index contributed by atoms with van der Waals surface area (Å²) < 4.78 is 26.9. The molecule has 0 aliphatic rings. The molecule has 5 heteroatoms. The summed E-state index contributed by atoms with van der Waals surface area (Å²) in [5.74, 6) is -0.635. The van der Waals surface area contributed by atoms with Gasteiger partial charge in [0.2, 0.25) is 0 Å². The molecule has 112 valence electrons. The van der Waals surface area contributed by atoms with Gasteiger partial charge in [-0.2, -0.15) is 0 Å². The van der Waals surface area contributed by atoms with Gasteiger partial charge in [-0.3, -0.25) is 4.98 Å². The Morgan fingerprint density at radius 1 is 1.14 bits per heavy atom. The van der Waals surface area contributed by atoms with Crippen molar-refractivity contribution in [2.75, 3.05) is 0 Å². The van der Waals surface area contributed by atoms with Crippen molar-refractivity contribution in [2.24, 2.45) is 0 Å². The number of halogens is 3. The maximum Gasteiger partial charge on any atom is 0.141 e. The molecule has 21 heavy (non-hydrogen) atoms. The Bertz CT molecular complexity index is 600. The van der Waals surface area contributed by atoms with Crippen molar-refractivity contribution < 1.29 is 8.78 Å². The molecule has 2 rings (SSSR count). The van der Waals surface area contributed by atoms with Crippen LogP contribution in [0.15, 0.2) is 41.0 Å². The molecular weight excluding hydrogens is 338 g/mol. The average molecular weight is 355 g/mol. The first kappa shape index (κ1) is 16.0. The van der Waals surface area contributed by atoms with Crippen molar-refractivity contribution >= 4 is 15.9 Å². The first-order chi connectivity index (χ1) is 9.95. The van der Waals surface area contributed by atoms with Crippen LogP contribution in [0.1, 0.15) is 31.1 Å². The average Bonchev–Trinajstić information content (AvgIpc) is 2.41. The zero-order valence-electron chi connectivity index (χ0n) is 11.9. The smallest absolute Gasteiger partial charge is 0.141 e. The van der Waals surface area contributed by atoms with E-state index in [1.54, 1.807) is 12.1 Å². The van der Waals surface area contributed by atoms with Crippen LogP contribution in [0, 0.1) is 11.6 Å². The van der Waals surface area contributed by atoms with Crippen molar-refractivity contribution in [1.29, 1.82) is 0 Å². The lowest BCUT2D eigenvalue weighted by atomic mass is 10.0. The van der Waals surface area contributed by atoms with E-state index in [1.807, 2.05) is 13.8 Å². The Kier molecular flexibility index (Phi) is 5.42. The van der Waals surface area contributed by atoms with Gasteiger partial charge in [0.25, 0.3) is 0 Å². The number of pyridine rings is 1. The summed E-state index contributed by atoms with van der Waals surface area (Å²) >= 11 is 3.38. The fourth-order valence-corrected chi connectivity index (χ4v) is 2.66. The lowest BCUT2D eigenvalue weighted by Crippen LogP contribution is -2.30. The van der Waals surface area contributed by atoms with Gasteiger partial charge in [-0.25, -0.2) is 8.78 Å². The maximum absolute atomic E-state index is 13.2. The Morgan fingerprint density at radius 3 is 2.43 bits per heavy atom. The molecule has 0 saturated carbocycles. The molecule has 1 atom stereocenters. The molecule has 2 nitrogen and oxygen atoms in total. The van der Waals surface area contributed by atoms with Crippen LogP contribution in [0.4, 0.5) is 8.78 Å². The summed E-state index contributed by atoms with van der Waals surface area (Å²) in [7, 11) is 0. The fraction of sp³-hybridized carbons (Fsp3) is 0.312. The third kappa shape index (κ3) is 4.58. The van der Waals surface area contributed by atoms with E-state index >= 15 is 0 Å². The van der Waals surface area contributed by atoms with Crippen LogP contribution in [0.25, 0.3) is 0 Å². The molecule has 0 bridgehead atoms. The second-order valence-electron chi connectivity index (χ2n) is 5.22. The lowest BCUT2D eigenvalue weighted by Gasteiger charge is -2.21. The largest absolute Gasteiger partial charge is 0.306 e. The summed E-state index contributed by atoms with van der Waals surface area (Å²) in [6, 6.07) is 7.89. The van der Waals surface area contributed by atoms with Crippen LogP contribution in [-0.4, -0.2) is 11.0 Å². The number of hydrogen-bond acceptors (Lipinski definition) is 2. The van der Waals surface area contributed by atoms with Crippen LogP contribution in [0.2, 0.25) is 0 Å². The number of rotatable bonds is 5. The Balaban J connectivity index is 2.25. The van der Waals surface area contributed by atoms with Crippen LogP contribution in [0.5, 0.6) is 0 Å². The molecule has 0 aliphatic heterocycles. The summed E-state index contributed by atoms with van der Waals surface area (Å²) in [6.45, 7) is 4.08. The minimum Gasteiger partial charge on any atom is -0.306 e. The van der Waals surface area contributed by atoms with Gasteiger partial charge in [-0.1, -0.05) is 35.8 Å². The van der Waals surface area contributed by atoms with Crippen molar-refractivity contribution in [1.82, 2.24) is 10.3 Å². The van der Waals surface area contributed by atoms with Crippen LogP contribution >= 0.6 is 15.9 Å². The second-order valence-corrected chi connectivity index (χ2v) is 6.07. The van der Waals surface area contributed by atoms with Gasteiger partial charge in [0.05, 0.1) is 17.9 Å². The quantitative estimate of drug-likeness (QED) is 0.860. The minimum atomic E-state index is -0.356. The van der Waals surface area contributed by atoms with Gasteiger partial charge in [0.1, 0.15) is 11.6 Å². The lowest BCUT2D eigenvalue weighted by molar-refractivity contribution is 0.463. The van der Waals surface area contributed by atoms with E-state index in [9.17, 15) is 8.78 Å². The third-order valence-corrected chi connectivity index (χ3v) is 3.82. The number of nitrogens with zero attached hydrogens (tertiary/aromatic N) is 1. The molecule has 1 aromatic carbocycles. The van der Waals surface area contributed by atoms with Crippen molar-refractivity contribution in [2.45, 2.75) is 32.4 Å². The normalized spacial score (nSPS) is 12.7. The molecule has 0 aliphatic carbocycles. The van der Waals surface area contributed by atoms with Crippen LogP contribution < -0.4 is 5.32 Å². The summed E-state index contributed by atoms with van der Waals surface area (Å²) in [5, 5.41) is 3.41. The molecule has 1 heterocycles. The van der Waals surface area contributed by atoms with Gasteiger partial charge < -0.3 is 5.32 Å². The van der Waals surface area contributed by atoms with Gasteiger partial charge in [0, 0.05) is 10.5 Å². The Hall–Kier alpha value is -1.33. The van der Waals surface area contributed by atoms with Crippen LogP contribution in [0.3, 0.4) is 0 Å². The van der Waals surface area contributed by atoms with E-state index in [0.717, 1.165) is 15.7 Å². The number of nitrogens with one attached hydrogen (secondary N) is 1. The summed E-state index contributed by atoms with van der Waals surface area (Å²) in [4.78, 5) is 4.15. The molecule has 0 radical (unpaired) electrons. The molecule has 0 amide bonds. The zero-order valence-corrected chi connectivity index (χ0v) is 13.5. The molecule has 0 spiro atoms. The van der Waals surface area contributed by atoms with E-state index in [1.165, 1.54) is 24.4 Å². The van der Waals surface area contributed by atoms with Gasteiger partial charge >= 0.3 is 0 Å². The number of benzene rings is 1. The van der Waals surface area contributed by atoms with E-state index < -0.39 is 0 Å². The van der Waals surface area contributed by atoms with E-state index in [2.05, 4.69) is 26.2 Å². The van der Waals surface area contributed by atoms with E-state index in [-0.39, 0.29) is 23.7 Å². The third-order valence-electron chi connectivity index (χ3n) is 3.08. The molecular formula is C16H17BrF2N2. The maximum atomic E-state index is 13.2. The van der Waals surface area contributed by atoms with Gasteiger partial charge in [-0.05, 0) is 36.2 Å². The standard InChI is InChI=1S/C16H17BrF2N2/c1-10(2)21-16(15-6-5-13(19)9-20-15)7-11-3-4-12(18)8-14(11)17/h3-6,8-10,16,21H,7H2,1-2H3. The highest BCUT2D eigenvalue weighted by atomic mass is 79.9. The predicted octanol–water partition coefficient (Wildman–Crippen LogP) is 4.40. The highest BCUT2D eigenvalue weighted by Gasteiger charge is 2.16. The minimum absolute atomic E-state index is 0.0626. The van der Waals surface area contributed by atoms with Crippen molar-refractivity contribution in [3.05, 3.63) is 63.9 Å². The van der Waals surface area contributed by atoms with Gasteiger partial charge in [-0.15, -0.1) is 0 Å². The number of hydrogen-bond donors (Lipinski definition) is 1. The first-order valence-electron chi connectivity index (χ1n) is 6.77. The molecule has 1 N–H and O–H groups in total.